The molecule has 2 aromatic heterocycles. The van der Waals surface area contributed by atoms with Crippen molar-refractivity contribution in [2.45, 2.75) is 75.7 Å². The van der Waals surface area contributed by atoms with Crippen molar-refractivity contribution >= 4 is 37.9 Å². The molecule has 5 rings (SSSR count). The summed E-state index contributed by atoms with van der Waals surface area (Å²) in [5.41, 5.74) is 4.43. The van der Waals surface area contributed by atoms with Crippen LogP contribution in [0.3, 0.4) is 0 Å². The number of pyridine rings is 1. The van der Waals surface area contributed by atoms with Gasteiger partial charge in [-0.05, 0) is 79.8 Å². The second-order valence-electron chi connectivity index (χ2n) is 11.3. The molecule has 4 aromatic rings. The molecule has 0 saturated heterocycles. The average molecular weight is 634 g/mol. The van der Waals surface area contributed by atoms with Gasteiger partial charge < -0.3 is 15.7 Å². The fourth-order valence-corrected chi connectivity index (χ4v) is 8.13. The van der Waals surface area contributed by atoms with Gasteiger partial charge >= 0.3 is 0 Å². The van der Waals surface area contributed by atoms with E-state index in [2.05, 4.69) is 27.5 Å². The van der Waals surface area contributed by atoms with E-state index in [1.807, 2.05) is 48.7 Å². The minimum absolute atomic E-state index is 0.271. The highest BCUT2D eigenvalue weighted by Crippen LogP contribution is 2.37. The predicted octanol–water partition coefficient (Wildman–Crippen LogP) is 6.80. The van der Waals surface area contributed by atoms with Crippen LogP contribution in [0.15, 0.2) is 78.1 Å². The van der Waals surface area contributed by atoms with E-state index in [0.29, 0.717) is 23.9 Å². The SMILES string of the molecule is CCCCCCCCc1cnc(N(c2ccc(CCNCC(O)c3cccnc3)cc2)S(=O)(=O)c2ccc3c(c2)CCN3)s1. The fourth-order valence-electron chi connectivity index (χ4n) is 5.45. The van der Waals surface area contributed by atoms with Crippen LogP contribution in [0.25, 0.3) is 0 Å². The number of nitrogens with one attached hydrogen (secondary N) is 2. The van der Waals surface area contributed by atoms with E-state index >= 15 is 0 Å². The molecule has 0 saturated carbocycles. The van der Waals surface area contributed by atoms with Crippen molar-refractivity contribution in [2.75, 3.05) is 29.3 Å². The quantitative estimate of drug-likeness (QED) is 0.110. The Morgan fingerprint density at radius 3 is 2.64 bits per heavy atom. The molecule has 0 radical (unpaired) electrons. The lowest BCUT2D eigenvalue weighted by molar-refractivity contribution is 0.174. The lowest BCUT2D eigenvalue weighted by Crippen LogP contribution is -2.26. The number of fused-ring (bicyclic) bond motifs is 1. The van der Waals surface area contributed by atoms with Crippen molar-refractivity contribution in [1.29, 1.82) is 0 Å². The Bertz CT molecular complexity index is 1580. The smallest absolute Gasteiger partial charge is 0.270 e. The molecule has 3 heterocycles. The largest absolute Gasteiger partial charge is 0.387 e. The average Bonchev–Trinajstić information content (AvgIpc) is 3.71. The summed E-state index contributed by atoms with van der Waals surface area (Å²) in [5, 5.41) is 17.4. The number of aliphatic hydroxyl groups excluding tert-OH is 1. The minimum Gasteiger partial charge on any atom is -0.387 e. The molecule has 1 aliphatic heterocycles. The number of thiazole rings is 1. The molecule has 0 bridgehead atoms. The molecule has 8 nitrogen and oxygen atoms in total. The van der Waals surface area contributed by atoms with Gasteiger partial charge in [-0.2, -0.15) is 0 Å². The number of anilines is 3. The fraction of sp³-hybridized carbons (Fsp3) is 0.412. The maximum atomic E-state index is 14.2. The highest BCUT2D eigenvalue weighted by Gasteiger charge is 2.30. The Morgan fingerprint density at radius 1 is 1.02 bits per heavy atom. The van der Waals surface area contributed by atoms with Gasteiger partial charge in [0.05, 0.1) is 16.7 Å². The topological polar surface area (TPSA) is 107 Å². The zero-order chi connectivity index (χ0) is 30.8. The molecule has 3 N–H and O–H groups in total. The van der Waals surface area contributed by atoms with E-state index < -0.39 is 16.1 Å². The highest BCUT2D eigenvalue weighted by molar-refractivity contribution is 7.93. The van der Waals surface area contributed by atoms with Crippen LogP contribution in [0, 0.1) is 0 Å². The van der Waals surface area contributed by atoms with Crippen LogP contribution >= 0.6 is 11.3 Å². The molecule has 0 spiro atoms. The number of benzene rings is 2. The van der Waals surface area contributed by atoms with Gasteiger partial charge in [0.15, 0.2) is 0 Å². The summed E-state index contributed by atoms with van der Waals surface area (Å²) in [5.74, 6) is 0. The lowest BCUT2D eigenvalue weighted by Gasteiger charge is -2.22. The molecule has 2 aromatic carbocycles. The molecule has 1 atom stereocenters. The Kier molecular flexibility index (Phi) is 11.4. The number of aromatic nitrogens is 2. The van der Waals surface area contributed by atoms with Gasteiger partial charge in [-0.25, -0.2) is 17.7 Å². The summed E-state index contributed by atoms with van der Waals surface area (Å²) >= 11 is 1.46. The van der Waals surface area contributed by atoms with Crippen LogP contribution in [-0.4, -0.2) is 43.1 Å². The maximum absolute atomic E-state index is 14.2. The van der Waals surface area contributed by atoms with Gasteiger partial charge in [-0.3, -0.25) is 4.98 Å². The molecule has 1 unspecified atom stereocenters. The third-order valence-electron chi connectivity index (χ3n) is 7.98. The standard InChI is InChI=1S/C34H43N5O3S2/c1-2-3-4-5-6-7-10-30-24-38-34(43-30)39(44(41,42)31-15-16-32-27(22-31)18-21-37-32)29-13-11-26(12-14-29)17-20-36-25-33(40)28-9-8-19-35-23-28/h8-9,11-16,19,22-24,33,36-37,40H,2-7,10,17-18,20-21,25H2,1H3. The number of aliphatic hydroxyl groups is 1. The second kappa shape index (κ2) is 15.6. The Morgan fingerprint density at radius 2 is 1.84 bits per heavy atom. The van der Waals surface area contributed by atoms with Crippen LogP contribution in [0.1, 0.15) is 73.1 Å². The zero-order valence-corrected chi connectivity index (χ0v) is 27.0. The summed E-state index contributed by atoms with van der Waals surface area (Å²) in [6, 6.07) is 16.7. The van der Waals surface area contributed by atoms with Crippen LogP contribution in [0.5, 0.6) is 0 Å². The molecule has 0 fully saturated rings. The zero-order valence-electron chi connectivity index (χ0n) is 25.4. The van der Waals surface area contributed by atoms with Gasteiger partial charge in [0, 0.05) is 47.8 Å². The molecular formula is C34H43N5O3S2. The van der Waals surface area contributed by atoms with E-state index in [1.165, 1.54) is 47.7 Å². The van der Waals surface area contributed by atoms with Crippen molar-refractivity contribution in [3.05, 3.63) is 94.8 Å². The number of rotatable bonds is 17. The van der Waals surface area contributed by atoms with E-state index in [-0.39, 0.29) is 4.90 Å². The molecule has 44 heavy (non-hydrogen) atoms. The Labute approximate surface area is 265 Å². The summed E-state index contributed by atoms with van der Waals surface area (Å²) in [6.07, 6.45) is 14.3. The Balaban J connectivity index is 1.29. The predicted molar refractivity (Wildman–Crippen MR) is 179 cm³/mol. The van der Waals surface area contributed by atoms with E-state index in [4.69, 9.17) is 0 Å². The normalized spacial score (nSPS) is 13.4. The molecule has 0 aliphatic carbocycles. The summed E-state index contributed by atoms with van der Waals surface area (Å²) < 4.78 is 29.8. The number of aryl methyl sites for hydroxylation is 1. The van der Waals surface area contributed by atoms with E-state index in [9.17, 15) is 13.5 Å². The number of hydrogen-bond acceptors (Lipinski definition) is 8. The van der Waals surface area contributed by atoms with Crippen LogP contribution in [0.4, 0.5) is 16.5 Å². The molecule has 10 heteroatoms. The van der Waals surface area contributed by atoms with Gasteiger partial charge in [0.2, 0.25) is 5.13 Å². The van der Waals surface area contributed by atoms with Crippen molar-refractivity contribution in [3.63, 3.8) is 0 Å². The molecular weight excluding hydrogens is 591 g/mol. The first-order chi connectivity index (χ1) is 21.5. The monoisotopic (exact) mass is 633 g/mol. The highest BCUT2D eigenvalue weighted by atomic mass is 32.2. The van der Waals surface area contributed by atoms with Crippen LogP contribution < -0.4 is 14.9 Å². The first-order valence-electron chi connectivity index (χ1n) is 15.7. The van der Waals surface area contributed by atoms with E-state index in [0.717, 1.165) is 59.5 Å². The first kappa shape index (κ1) is 32.1. The number of nitrogens with zero attached hydrogens (tertiary/aromatic N) is 3. The van der Waals surface area contributed by atoms with Gasteiger partial charge in [-0.1, -0.05) is 57.2 Å². The molecule has 234 valence electrons. The number of hydrogen-bond donors (Lipinski definition) is 3. The lowest BCUT2D eigenvalue weighted by atomic mass is 10.1. The summed E-state index contributed by atoms with van der Waals surface area (Å²) in [6.45, 7) is 4.14. The maximum Gasteiger partial charge on any atom is 0.270 e. The first-order valence-corrected chi connectivity index (χ1v) is 18.0. The van der Waals surface area contributed by atoms with Crippen molar-refractivity contribution in [2.24, 2.45) is 0 Å². The van der Waals surface area contributed by atoms with Crippen molar-refractivity contribution in [1.82, 2.24) is 15.3 Å². The molecule has 1 aliphatic rings. The number of unbranched alkanes of at least 4 members (excludes halogenated alkanes) is 5. The van der Waals surface area contributed by atoms with Crippen LogP contribution in [-0.2, 0) is 29.3 Å². The minimum atomic E-state index is -3.91. The van der Waals surface area contributed by atoms with Gasteiger partial charge in [-0.15, -0.1) is 11.3 Å². The van der Waals surface area contributed by atoms with E-state index in [1.54, 1.807) is 24.5 Å². The van der Waals surface area contributed by atoms with Crippen molar-refractivity contribution in [3.8, 4) is 0 Å². The third kappa shape index (κ3) is 8.24. The summed E-state index contributed by atoms with van der Waals surface area (Å²) in [4.78, 5) is 10.1. The van der Waals surface area contributed by atoms with Crippen LogP contribution in [0.2, 0.25) is 0 Å². The second-order valence-corrected chi connectivity index (χ2v) is 14.2. The van der Waals surface area contributed by atoms with Gasteiger partial charge in [0.1, 0.15) is 0 Å². The number of sulfonamides is 1. The summed E-state index contributed by atoms with van der Waals surface area (Å²) in [7, 11) is -3.91. The molecule has 0 amide bonds. The third-order valence-corrected chi connectivity index (χ3v) is 10.9. The van der Waals surface area contributed by atoms with Crippen molar-refractivity contribution < 1.29 is 13.5 Å². The van der Waals surface area contributed by atoms with Gasteiger partial charge in [0.25, 0.3) is 10.0 Å². The Hall–Kier alpha value is -3.31.